The molecule has 5 nitrogen and oxygen atoms in total. The van der Waals surface area contributed by atoms with E-state index in [4.69, 9.17) is 4.74 Å². The SMILES string of the molecule is COC(=O)[C@H](Cc1ccc(C(F)(F)F)cc1F)NC(=O)OC(C)(C)C. The first-order valence-corrected chi connectivity index (χ1v) is 7.26. The lowest BCUT2D eigenvalue weighted by Crippen LogP contribution is -2.45. The fourth-order valence-electron chi connectivity index (χ4n) is 1.89. The quantitative estimate of drug-likeness (QED) is 0.656. The molecule has 0 radical (unpaired) electrons. The van der Waals surface area contributed by atoms with Gasteiger partial charge in [0.1, 0.15) is 17.5 Å². The van der Waals surface area contributed by atoms with E-state index in [2.05, 4.69) is 10.1 Å². The second kappa shape index (κ2) is 7.71. The van der Waals surface area contributed by atoms with E-state index in [9.17, 15) is 27.2 Å². The zero-order valence-corrected chi connectivity index (χ0v) is 14.2. The minimum Gasteiger partial charge on any atom is -0.467 e. The average molecular weight is 365 g/mol. The Morgan fingerprint density at radius 3 is 2.24 bits per heavy atom. The molecule has 140 valence electrons. The van der Waals surface area contributed by atoms with E-state index in [0.29, 0.717) is 12.1 Å². The van der Waals surface area contributed by atoms with Crippen LogP contribution < -0.4 is 5.32 Å². The van der Waals surface area contributed by atoms with Crippen LogP contribution in [0.4, 0.5) is 22.4 Å². The number of amides is 1. The summed E-state index contributed by atoms with van der Waals surface area (Å²) in [6.07, 6.45) is -6.01. The first-order chi connectivity index (χ1) is 11.3. The van der Waals surface area contributed by atoms with E-state index in [-0.39, 0.29) is 5.56 Å². The molecule has 9 heteroatoms. The van der Waals surface area contributed by atoms with E-state index >= 15 is 0 Å². The minimum atomic E-state index is -4.68. The molecule has 0 spiro atoms. The minimum absolute atomic E-state index is 0.181. The van der Waals surface area contributed by atoms with Gasteiger partial charge in [0.05, 0.1) is 12.7 Å². The Kier molecular flexibility index (Phi) is 6.39. The number of carbonyl (C=O) groups is 2. The molecular weight excluding hydrogens is 346 g/mol. The fourth-order valence-corrected chi connectivity index (χ4v) is 1.89. The third-order valence-electron chi connectivity index (χ3n) is 2.98. The van der Waals surface area contributed by atoms with Crippen LogP contribution in [0.5, 0.6) is 0 Å². The number of hydrogen-bond acceptors (Lipinski definition) is 4. The zero-order chi connectivity index (χ0) is 19.4. The molecule has 0 saturated heterocycles. The Bertz CT molecular complexity index is 638. The molecule has 1 aromatic rings. The molecule has 25 heavy (non-hydrogen) atoms. The van der Waals surface area contributed by atoms with E-state index in [1.54, 1.807) is 20.8 Å². The Balaban J connectivity index is 2.96. The third-order valence-corrected chi connectivity index (χ3v) is 2.98. The first kappa shape index (κ1) is 20.7. The monoisotopic (exact) mass is 365 g/mol. The Morgan fingerprint density at radius 2 is 1.80 bits per heavy atom. The van der Waals surface area contributed by atoms with Crippen molar-refractivity contribution in [2.75, 3.05) is 7.11 Å². The summed E-state index contributed by atoms with van der Waals surface area (Å²) in [5.41, 5.74) is -2.16. The molecule has 0 unspecified atom stereocenters. The predicted molar refractivity (Wildman–Crippen MR) is 80.3 cm³/mol. The normalized spacial score (nSPS) is 13.1. The molecule has 0 aliphatic heterocycles. The highest BCUT2D eigenvalue weighted by molar-refractivity contribution is 5.81. The van der Waals surface area contributed by atoms with Crippen LogP contribution in [0.25, 0.3) is 0 Å². The van der Waals surface area contributed by atoms with Gasteiger partial charge in [0.2, 0.25) is 0 Å². The maximum Gasteiger partial charge on any atom is 0.416 e. The number of alkyl carbamates (subject to hydrolysis) is 1. The van der Waals surface area contributed by atoms with Gasteiger partial charge < -0.3 is 14.8 Å². The molecule has 0 bridgehead atoms. The van der Waals surface area contributed by atoms with Crippen molar-refractivity contribution in [2.45, 2.75) is 45.0 Å². The van der Waals surface area contributed by atoms with Crippen molar-refractivity contribution in [3.05, 3.63) is 35.1 Å². The molecule has 0 saturated carbocycles. The molecule has 1 rings (SSSR count). The number of hydrogen-bond donors (Lipinski definition) is 1. The van der Waals surface area contributed by atoms with Crippen LogP contribution in [0.3, 0.4) is 0 Å². The van der Waals surface area contributed by atoms with Gasteiger partial charge in [-0.2, -0.15) is 13.2 Å². The van der Waals surface area contributed by atoms with Crippen LogP contribution in [0.15, 0.2) is 18.2 Å². The summed E-state index contributed by atoms with van der Waals surface area (Å²) in [5.74, 6) is -2.03. The number of carbonyl (C=O) groups excluding carboxylic acids is 2. The second-order valence-corrected chi connectivity index (χ2v) is 6.23. The van der Waals surface area contributed by atoms with Gasteiger partial charge in [-0.1, -0.05) is 6.07 Å². The van der Waals surface area contributed by atoms with Gasteiger partial charge in [-0.05, 0) is 38.5 Å². The number of esters is 1. The number of ether oxygens (including phenoxy) is 2. The number of rotatable bonds is 4. The van der Waals surface area contributed by atoms with Gasteiger partial charge in [0, 0.05) is 6.42 Å². The van der Waals surface area contributed by atoms with Crippen molar-refractivity contribution in [3.8, 4) is 0 Å². The Morgan fingerprint density at radius 1 is 1.20 bits per heavy atom. The topological polar surface area (TPSA) is 64.6 Å². The smallest absolute Gasteiger partial charge is 0.416 e. The van der Waals surface area contributed by atoms with Gasteiger partial charge in [-0.3, -0.25) is 0 Å². The molecule has 1 amide bonds. The molecule has 1 N–H and O–H groups in total. The third kappa shape index (κ3) is 6.60. The van der Waals surface area contributed by atoms with Gasteiger partial charge in [-0.15, -0.1) is 0 Å². The van der Waals surface area contributed by atoms with Crippen LogP contribution in [0.2, 0.25) is 0 Å². The number of halogens is 4. The molecule has 0 aliphatic rings. The van der Waals surface area contributed by atoms with Crippen molar-refractivity contribution >= 4 is 12.1 Å². The fraction of sp³-hybridized carbons (Fsp3) is 0.500. The van der Waals surface area contributed by atoms with Crippen LogP contribution in [0, 0.1) is 5.82 Å². The summed E-state index contributed by atoms with van der Waals surface area (Å²) in [6, 6.07) is 0.619. The van der Waals surface area contributed by atoms with Crippen LogP contribution >= 0.6 is 0 Å². The van der Waals surface area contributed by atoms with Crippen molar-refractivity contribution in [3.63, 3.8) is 0 Å². The second-order valence-electron chi connectivity index (χ2n) is 6.23. The van der Waals surface area contributed by atoms with Crippen molar-refractivity contribution in [2.24, 2.45) is 0 Å². The average Bonchev–Trinajstić information content (AvgIpc) is 2.44. The van der Waals surface area contributed by atoms with E-state index in [1.165, 1.54) is 0 Å². The van der Waals surface area contributed by atoms with Gasteiger partial charge >= 0.3 is 18.2 Å². The lowest BCUT2D eigenvalue weighted by molar-refractivity contribution is -0.143. The van der Waals surface area contributed by atoms with Gasteiger partial charge in [-0.25, -0.2) is 14.0 Å². The molecule has 0 heterocycles. The molecule has 0 aliphatic carbocycles. The lowest BCUT2D eigenvalue weighted by Gasteiger charge is -2.22. The maximum absolute atomic E-state index is 13.9. The van der Waals surface area contributed by atoms with Crippen LogP contribution in [-0.2, 0) is 26.9 Å². The summed E-state index contributed by atoms with van der Waals surface area (Å²) in [7, 11) is 1.06. The van der Waals surface area contributed by atoms with Crippen LogP contribution in [-0.4, -0.2) is 30.8 Å². The number of nitrogens with one attached hydrogen (secondary N) is 1. The van der Waals surface area contributed by atoms with E-state index < -0.39 is 47.7 Å². The highest BCUT2D eigenvalue weighted by atomic mass is 19.4. The summed E-state index contributed by atoms with van der Waals surface area (Å²) in [5, 5.41) is 2.22. The van der Waals surface area contributed by atoms with E-state index in [1.807, 2.05) is 0 Å². The zero-order valence-electron chi connectivity index (χ0n) is 14.2. The summed E-state index contributed by atoms with van der Waals surface area (Å²) < 4.78 is 61.1. The largest absolute Gasteiger partial charge is 0.467 e. The molecule has 0 aromatic heterocycles. The molecular formula is C16H19F4NO4. The maximum atomic E-state index is 13.9. The first-order valence-electron chi connectivity index (χ1n) is 7.26. The standard InChI is InChI=1S/C16H19F4NO4/c1-15(2,3)25-14(23)21-12(13(22)24-4)7-9-5-6-10(8-11(9)17)16(18,19)20/h5-6,8,12H,7H2,1-4H3,(H,21,23)/t12-/m0/s1. The summed E-state index contributed by atoms with van der Waals surface area (Å²) in [6.45, 7) is 4.82. The van der Waals surface area contributed by atoms with Crippen molar-refractivity contribution < 1.29 is 36.6 Å². The summed E-state index contributed by atoms with van der Waals surface area (Å²) in [4.78, 5) is 23.5. The van der Waals surface area contributed by atoms with Crippen molar-refractivity contribution in [1.82, 2.24) is 5.32 Å². The molecule has 1 aromatic carbocycles. The lowest BCUT2D eigenvalue weighted by atomic mass is 10.0. The predicted octanol–water partition coefficient (Wildman–Crippen LogP) is 3.45. The van der Waals surface area contributed by atoms with Gasteiger partial charge in [0.15, 0.2) is 0 Å². The molecule has 1 atom stereocenters. The van der Waals surface area contributed by atoms with Crippen molar-refractivity contribution in [1.29, 1.82) is 0 Å². The Hall–Kier alpha value is -2.32. The number of methoxy groups -OCH3 is 1. The summed E-state index contributed by atoms with van der Waals surface area (Å²) >= 11 is 0. The van der Waals surface area contributed by atoms with Crippen LogP contribution in [0.1, 0.15) is 31.9 Å². The number of alkyl halides is 3. The molecule has 0 fully saturated rings. The number of benzene rings is 1. The highest BCUT2D eigenvalue weighted by Gasteiger charge is 2.32. The highest BCUT2D eigenvalue weighted by Crippen LogP contribution is 2.30. The van der Waals surface area contributed by atoms with Gasteiger partial charge in [0.25, 0.3) is 0 Å². The van der Waals surface area contributed by atoms with E-state index in [0.717, 1.165) is 13.2 Å². The Labute approximate surface area is 142 Å².